The third-order valence-corrected chi connectivity index (χ3v) is 2.97. The van der Waals surface area contributed by atoms with Gasteiger partial charge in [0.25, 0.3) is 0 Å². The van der Waals surface area contributed by atoms with E-state index in [0.29, 0.717) is 18.9 Å². The molecule has 8 heteroatoms. The molecule has 0 spiro atoms. The number of anilines is 1. The molecule has 1 aromatic heterocycles. The number of ether oxygens (including phenoxy) is 2. The van der Waals surface area contributed by atoms with Crippen molar-refractivity contribution in [3.05, 3.63) is 30.0 Å². The van der Waals surface area contributed by atoms with Crippen LogP contribution in [0.2, 0.25) is 0 Å². The van der Waals surface area contributed by atoms with Gasteiger partial charge in [0.15, 0.2) is 11.5 Å². The highest BCUT2D eigenvalue weighted by atomic mass is 32.1. The van der Waals surface area contributed by atoms with Crippen molar-refractivity contribution in [3.63, 3.8) is 0 Å². The average Bonchev–Trinajstić information content (AvgIpc) is 2.92. The van der Waals surface area contributed by atoms with E-state index in [1.54, 1.807) is 25.3 Å². The van der Waals surface area contributed by atoms with E-state index in [9.17, 15) is 8.78 Å². The number of rotatable bonds is 7. The molecule has 2 aromatic rings. The molecule has 0 fully saturated rings. The molecule has 108 valence electrons. The van der Waals surface area contributed by atoms with Crippen LogP contribution in [0.15, 0.2) is 24.4 Å². The molecule has 0 atom stereocenters. The first kappa shape index (κ1) is 14.4. The molecule has 0 saturated carbocycles. The Balaban J connectivity index is 2.08. The minimum absolute atomic E-state index is 0.0325. The standard InChI is InChI=1S/C12H13F2N3O2S/c1-2-18-10-5-8(3-4-9(10)19-12(13)14)6-15-11-7-16-17-20-11/h3-5,7,12,15H,2,6H2,1H3. The van der Waals surface area contributed by atoms with Crippen molar-refractivity contribution in [1.82, 2.24) is 9.59 Å². The van der Waals surface area contributed by atoms with Crippen LogP contribution < -0.4 is 14.8 Å². The Hall–Kier alpha value is -1.96. The summed E-state index contributed by atoms with van der Waals surface area (Å²) in [6.07, 6.45) is 1.61. The van der Waals surface area contributed by atoms with E-state index in [1.165, 1.54) is 17.6 Å². The van der Waals surface area contributed by atoms with Crippen molar-refractivity contribution in [1.29, 1.82) is 0 Å². The van der Waals surface area contributed by atoms with Crippen LogP contribution in [-0.4, -0.2) is 22.8 Å². The highest BCUT2D eigenvalue weighted by Crippen LogP contribution is 2.30. The number of alkyl halides is 2. The maximum atomic E-state index is 12.3. The number of hydrogen-bond acceptors (Lipinski definition) is 6. The molecular weight excluding hydrogens is 288 g/mol. The summed E-state index contributed by atoms with van der Waals surface area (Å²) in [4.78, 5) is 0. The second-order valence-corrected chi connectivity index (χ2v) is 4.51. The summed E-state index contributed by atoms with van der Waals surface area (Å²) in [5, 5.41) is 7.66. The summed E-state index contributed by atoms with van der Waals surface area (Å²) in [6, 6.07) is 4.84. The molecule has 2 rings (SSSR count). The van der Waals surface area contributed by atoms with E-state index < -0.39 is 6.61 Å². The second-order valence-electron chi connectivity index (χ2n) is 3.73. The summed E-state index contributed by atoms with van der Waals surface area (Å²) < 4.78 is 38.0. The van der Waals surface area contributed by atoms with E-state index in [1.807, 2.05) is 0 Å². The molecule has 0 unspecified atom stereocenters. The van der Waals surface area contributed by atoms with Gasteiger partial charge in [0.1, 0.15) is 5.00 Å². The minimum Gasteiger partial charge on any atom is -0.490 e. The molecule has 0 aliphatic rings. The Morgan fingerprint density at radius 3 is 2.85 bits per heavy atom. The van der Waals surface area contributed by atoms with Crippen molar-refractivity contribution >= 4 is 16.5 Å². The van der Waals surface area contributed by atoms with Crippen LogP contribution in [-0.2, 0) is 6.54 Å². The fourth-order valence-electron chi connectivity index (χ4n) is 1.56. The first-order valence-corrected chi connectivity index (χ1v) is 6.68. The Bertz CT molecular complexity index is 538. The van der Waals surface area contributed by atoms with Crippen LogP contribution in [0, 0.1) is 0 Å². The fraction of sp³-hybridized carbons (Fsp3) is 0.333. The molecule has 1 heterocycles. The number of aromatic nitrogens is 2. The highest BCUT2D eigenvalue weighted by molar-refractivity contribution is 7.09. The number of benzene rings is 1. The van der Waals surface area contributed by atoms with Gasteiger partial charge < -0.3 is 14.8 Å². The van der Waals surface area contributed by atoms with Crippen molar-refractivity contribution in [2.24, 2.45) is 0 Å². The molecular formula is C12H13F2N3O2S. The minimum atomic E-state index is -2.87. The zero-order valence-corrected chi connectivity index (χ0v) is 11.5. The summed E-state index contributed by atoms with van der Waals surface area (Å²) in [5.41, 5.74) is 0.878. The third-order valence-electron chi connectivity index (χ3n) is 2.35. The van der Waals surface area contributed by atoms with Crippen molar-refractivity contribution < 1.29 is 18.3 Å². The van der Waals surface area contributed by atoms with Crippen LogP contribution in [0.3, 0.4) is 0 Å². The zero-order valence-electron chi connectivity index (χ0n) is 10.7. The lowest BCUT2D eigenvalue weighted by molar-refractivity contribution is -0.0514. The number of hydrogen-bond donors (Lipinski definition) is 1. The quantitative estimate of drug-likeness (QED) is 0.851. The van der Waals surface area contributed by atoms with Gasteiger partial charge >= 0.3 is 6.61 Å². The summed E-state index contributed by atoms with van der Waals surface area (Å²) in [5.74, 6) is 0.333. The van der Waals surface area contributed by atoms with Crippen LogP contribution in [0.1, 0.15) is 12.5 Å². The predicted octanol–water partition coefficient (Wildman–Crippen LogP) is 3.15. The third kappa shape index (κ3) is 4.02. The van der Waals surface area contributed by atoms with Gasteiger partial charge in [0.05, 0.1) is 12.8 Å². The molecule has 0 aliphatic carbocycles. The van der Waals surface area contributed by atoms with Gasteiger partial charge in [-0.25, -0.2) is 0 Å². The zero-order chi connectivity index (χ0) is 14.4. The Kier molecular flexibility index (Phi) is 5.05. The van der Waals surface area contributed by atoms with Gasteiger partial charge in [0, 0.05) is 18.1 Å². The lowest BCUT2D eigenvalue weighted by Gasteiger charge is -2.13. The largest absolute Gasteiger partial charge is 0.490 e. The lowest BCUT2D eigenvalue weighted by Crippen LogP contribution is -2.05. The smallest absolute Gasteiger partial charge is 0.387 e. The van der Waals surface area contributed by atoms with Crippen LogP contribution >= 0.6 is 11.5 Å². The van der Waals surface area contributed by atoms with E-state index in [0.717, 1.165) is 10.6 Å². The van der Waals surface area contributed by atoms with E-state index >= 15 is 0 Å². The fourth-order valence-corrected chi connectivity index (χ4v) is 1.97. The molecule has 0 amide bonds. The number of nitrogens with one attached hydrogen (secondary N) is 1. The van der Waals surface area contributed by atoms with Crippen LogP contribution in [0.25, 0.3) is 0 Å². The normalized spacial score (nSPS) is 10.6. The summed E-state index contributed by atoms with van der Waals surface area (Å²) >= 11 is 1.24. The molecule has 0 radical (unpaired) electrons. The topological polar surface area (TPSA) is 56.3 Å². The van der Waals surface area contributed by atoms with Crippen LogP contribution in [0.5, 0.6) is 11.5 Å². The van der Waals surface area contributed by atoms with Crippen LogP contribution in [0.4, 0.5) is 13.8 Å². The van der Waals surface area contributed by atoms with Crippen molar-refractivity contribution in [2.75, 3.05) is 11.9 Å². The Morgan fingerprint density at radius 2 is 2.20 bits per heavy atom. The lowest BCUT2D eigenvalue weighted by atomic mass is 10.2. The van der Waals surface area contributed by atoms with Crippen molar-refractivity contribution in [3.8, 4) is 11.5 Å². The highest BCUT2D eigenvalue weighted by Gasteiger charge is 2.11. The second kappa shape index (κ2) is 6.99. The molecule has 20 heavy (non-hydrogen) atoms. The maximum absolute atomic E-state index is 12.3. The molecule has 1 aromatic carbocycles. The molecule has 0 aliphatic heterocycles. The summed E-state index contributed by atoms with van der Waals surface area (Å²) in [7, 11) is 0. The number of halogens is 2. The maximum Gasteiger partial charge on any atom is 0.387 e. The Labute approximate surface area is 118 Å². The van der Waals surface area contributed by atoms with Gasteiger partial charge in [-0.1, -0.05) is 10.6 Å². The first-order chi connectivity index (χ1) is 9.69. The molecule has 1 N–H and O–H groups in total. The molecule has 5 nitrogen and oxygen atoms in total. The SMILES string of the molecule is CCOc1cc(CNc2cnns2)ccc1OC(F)F. The van der Waals surface area contributed by atoms with E-state index in [-0.39, 0.29) is 5.75 Å². The van der Waals surface area contributed by atoms with Gasteiger partial charge in [-0.3, -0.25) is 0 Å². The molecule has 0 saturated heterocycles. The Morgan fingerprint density at radius 1 is 1.35 bits per heavy atom. The predicted molar refractivity (Wildman–Crippen MR) is 71.5 cm³/mol. The van der Waals surface area contributed by atoms with Gasteiger partial charge in [0.2, 0.25) is 0 Å². The number of nitrogens with zero attached hydrogens (tertiary/aromatic N) is 2. The average molecular weight is 301 g/mol. The van der Waals surface area contributed by atoms with E-state index in [4.69, 9.17) is 4.74 Å². The van der Waals surface area contributed by atoms with Gasteiger partial charge in [-0.05, 0) is 24.6 Å². The van der Waals surface area contributed by atoms with Gasteiger partial charge in [-0.2, -0.15) is 8.78 Å². The van der Waals surface area contributed by atoms with E-state index in [2.05, 4.69) is 19.6 Å². The monoisotopic (exact) mass is 301 g/mol. The van der Waals surface area contributed by atoms with Gasteiger partial charge in [-0.15, -0.1) is 5.10 Å². The summed E-state index contributed by atoms with van der Waals surface area (Å²) in [6.45, 7) is -0.213. The molecule has 0 bridgehead atoms. The van der Waals surface area contributed by atoms with Crippen molar-refractivity contribution in [2.45, 2.75) is 20.1 Å². The first-order valence-electron chi connectivity index (χ1n) is 5.90.